The minimum Gasteiger partial charge on any atom is -0.351 e. The lowest BCUT2D eigenvalue weighted by atomic mass is 9.92. The number of anilines is 2. The standard InChI is InChI=1S/C28H29F3N6O2S2/c1-15(2)27-36-24(25(40-27)22-12-13-33-28(35-22)34-18-9-7-17(32)8-10-18)16-6-11-19(29)23(14-16)37-41(38,39)26-20(30)4-3-5-21(26)31/h3-6,11-15,17-18,37H,7-10,32H2,1-2H3,(H,33,34,35)/t17-,18-. The van der Waals surface area contributed by atoms with E-state index in [0.29, 0.717) is 27.8 Å². The van der Waals surface area contributed by atoms with Crippen molar-refractivity contribution in [2.45, 2.75) is 62.4 Å². The van der Waals surface area contributed by atoms with Crippen LogP contribution in [-0.2, 0) is 10.0 Å². The van der Waals surface area contributed by atoms with E-state index in [0.717, 1.165) is 55.0 Å². The molecular weight excluding hydrogens is 573 g/mol. The Labute approximate surface area is 240 Å². The lowest BCUT2D eigenvalue weighted by Crippen LogP contribution is -2.33. The summed E-state index contributed by atoms with van der Waals surface area (Å²) >= 11 is 1.42. The maximum absolute atomic E-state index is 14.8. The van der Waals surface area contributed by atoms with Crippen LogP contribution in [0, 0.1) is 17.5 Å². The van der Waals surface area contributed by atoms with Crippen molar-refractivity contribution >= 4 is 33.0 Å². The van der Waals surface area contributed by atoms with Crippen LogP contribution in [0.1, 0.15) is 50.5 Å². The van der Waals surface area contributed by atoms with Crippen molar-refractivity contribution < 1.29 is 21.6 Å². The Bertz CT molecular complexity index is 1650. The third-order valence-corrected chi connectivity index (χ3v) is 9.60. The van der Waals surface area contributed by atoms with E-state index in [1.165, 1.54) is 23.5 Å². The highest BCUT2D eigenvalue weighted by molar-refractivity contribution is 7.92. The van der Waals surface area contributed by atoms with Gasteiger partial charge in [-0.25, -0.2) is 36.5 Å². The Morgan fingerprint density at radius 3 is 2.37 bits per heavy atom. The summed E-state index contributed by atoms with van der Waals surface area (Å²) in [4.78, 5) is 13.4. The molecule has 216 valence electrons. The maximum Gasteiger partial charge on any atom is 0.267 e. The van der Waals surface area contributed by atoms with Crippen LogP contribution in [0.25, 0.3) is 21.8 Å². The molecule has 2 aromatic heterocycles. The molecule has 2 heterocycles. The smallest absolute Gasteiger partial charge is 0.267 e. The van der Waals surface area contributed by atoms with Crippen LogP contribution < -0.4 is 15.8 Å². The highest BCUT2D eigenvalue weighted by Gasteiger charge is 2.26. The van der Waals surface area contributed by atoms with E-state index in [2.05, 4.69) is 10.3 Å². The van der Waals surface area contributed by atoms with Crippen LogP contribution in [0.4, 0.5) is 24.8 Å². The number of rotatable bonds is 8. The van der Waals surface area contributed by atoms with E-state index < -0.39 is 38.1 Å². The molecule has 1 saturated carbocycles. The van der Waals surface area contributed by atoms with Crippen LogP contribution in [0.2, 0.25) is 0 Å². The molecule has 13 heteroatoms. The SMILES string of the molecule is CC(C)c1nc(-c2ccc(F)c(NS(=O)(=O)c3c(F)cccc3F)c2)c(-c2ccnc(N[C@H]3CC[C@H](N)CC3)n2)s1. The summed E-state index contributed by atoms with van der Waals surface area (Å²) in [6.07, 6.45) is 5.33. The van der Waals surface area contributed by atoms with Gasteiger partial charge in [0.2, 0.25) is 5.95 Å². The minimum atomic E-state index is -4.78. The summed E-state index contributed by atoms with van der Waals surface area (Å²) < 4.78 is 70.9. The summed E-state index contributed by atoms with van der Waals surface area (Å²) in [6, 6.07) is 8.63. The van der Waals surface area contributed by atoms with Gasteiger partial charge in [-0.3, -0.25) is 4.72 Å². The summed E-state index contributed by atoms with van der Waals surface area (Å²) in [7, 11) is -4.78. The van der Waals surface area contributed by atoms with Crippen LogP contribution in [-0.4, -0.2) is 35.5 Å². The van der Waals surface area contributed by atoms with E-state index in [9.17, 15) is 21.6 Å². The lowest BCUT2D eigenvalue weighted by Gasteiger charge is -2.26. The first-order valence-electron chi connectivity index (χ1n) is 13.1. The molecule has 0 aliphatic heterocycles. The third kappa shape index (κ3) is 6.36. The first-order chi connectivity index (χ1) is 19.5. The van der Waals surface area contributed by atoms with Crippen molar-refractivity contribution in [2.24, 2.45) is 5.73 Å². The zero-order valence-electron chi connectivity index (χ0n) is 22.4. The Balaban J connectivity index is 1.51. The van der Waals surface area contributed by atoms with E-state index in [-0.39, 0.29) is 18.0 Å². The van der Waals surface area contributed by atoms with Crippen LogP contribution in [0.3, 0.4) is 0 Å². The Hall–Kier alpha value is -3.55. The number of thiazole rings is 1. The minimum absolute atomic E-state index is 0.0702. The number of hydrogen-bond donors (Lipinski definition) is 3. The topological polar surface area (TPSA) is 123 Å². The molecule has 4 aromatic rings. The molecule has 0 radical (unpaired) electrons. The number of hydrogen-bond acceptors (Lipinski definition) is 8. The van der Waals surface area contributed by atoms with Gasteiger partial charge in [0.05, 0.1) is 27.0 Å². The molecule has 0 unspecified atom stereocenters. The third-order valence-electron chi connectivity index (χ3n) is 6.80. The zero-order chi connectivity index (χ0) is 29.3. The number of nitrogens with zero attached hydrogens (tertiary/aromatic N) is 3. The molecule has 0 atom stereocenters. The Morgan fingerprint density at radius 2 is 1.68 bits per heavy atom. The molecule has 8 nitrogen and oxygen atoms in total. The molecule has 5 rings (SSSR count). The number of halogens is 3. The Morgan fingerprint density at radius 1 is 0.976 bits per heavy atom. The fraction of sp³-hybridized carbons (Fsp3) is 0.321. The molecule has 1 aliphatic carbocycles. The molecule has 1 fully saturated rings. The van der Waals surface area contributed by atoms with Gasteiger partial charge >= 0.3 is 0 Å². The predicted molar refractivity (Wildman–Crippen MR) is 154 cm³/mol. The number of aromatic nitrogens is 3. The van der Waals surface area contributed by atoms with E-state index >= 15 is 0 Å². The first kappa shape index (κ1) is 29.0. The van der Waals surface area contributed by atoms with Gasteiger partial charge < -0.3 is 11.1 Å². The summed E-state index contributed by atoms with van der Waals surface area (Å²) in [5.41, 5.74) is 7.00. The van der Waals surface area contributed by atoms with Crippen LogP contribution in [0.15, 0.2) is 53.6 Å². The quantitative estimate of drug-likeness (QED) is 0.217. The molecule has 0 amide bonds. The van der Waals surface area contributed by atoms with Gasteiger partial charge in [-0.15, -0.1) is 11.3 Å². The molecule has 4 N–H and O–H groups in total. The van der Waals surface area contributed by atoms with Gasteiger partial charge in [0.15, 0.2) is 4.90 Å². The van der Waals surface area contributed by atoms with E-state index in [4.69, 9.17) is 15.7 Å². The van der Waals surface area contributed by atoms with Gasteiger partial charge in [-0.05, 0) is 62.1 Å². The average molecular weight is 603 g/mol. The average Bonchev–Trinajstić information content (AvgIpc) is 3.37. The second-order valence-electron chi connectivity index (χ2n) is 10.3. The second kappa shape index (κ2) is 11.7. The lowest BCUT2D eigenvalue weighted by molar-refractivity contribution is 0.410. The number of sulfonamides is 1. The van der Waals surface area contributed by atoms with Crippen molar-refractivity contribution in [3.63, 3.8) is 0 Å². The second-order valence-corrected chi connectivity index (χ2v) is 12.9. The van der Waals surface area contributed by atoms with Crippen molar-refractivity contribution in [1.82, 2.24) is 15.0 Å². The van der Waals surface area contributed by atoms with Crippen LogP contribution >= 0.6 is 11.3 Å². The molecule has 0 saturated heterocycles. The van der Waals surface area contributed by atoms with Crippen LogP contribution in [0.5, 0.6) is 0 Å². The summed E-state index contributed by atoms with van der Waals surface area (Å²) in [5, 5.41) is 4.18. The predicted octanol–water partition coefficient (Wildman–Crippen LogP) is 6.29. The van der Waals surface area contributed by atoms with Crippen molar-refractivity contribution in [3.8, 4) is 21.8 Å². The van der Waals surface area contributed by atoms with Crippen molar-refractivity contribution in [1.29, 1.82) is 0 Å². The van der Waals surface area contributed by atoms with Crippen molar-refractivity contribution in [3.05, 3.63) is 71.1 Å². The fourth-order valence-electron chi connectivity index (χ4n) is 4.64. The molecule has 0 bridgehead atoms. The monoisotopic (exact) mass is 602 g/mol. The number of nitrogens with two attached hydrogens (primary N) is 1. The highest BCUT2D eigenvalue weighted by atomic mass is 32.2. The zero-order valence-corrected chi connectivity index (χ0v) is 24.0. The van der Waals surface area contributed by atoms with Gasteiger partial charge in [0.25, 0.3) is 10.0 Å². The van der Waals surface area contributed by atoms with Gasteiger partial charge in [-0.1, -0.05) is 19.9 Å². The molecule has 2 aromatic carbocycles. The van der Waals surface area contributed by atoms with Gasteiger partial charge in [0.1, 0.15) is 17.5 Å². The molecule has 41 heavy (non-hydrogen) atoms. The maximum atomic E-state index is 14.8. The highest BCUT2D eigenvalue weighted by Crippen LogP contribution is 2.40. The summed E-state index contributed by atoms with van der Waals surface area (Å²) in [5.74, 6) is -2.97. The van der Waals surface area contributed by atoms with Gasteiger partial charge in [0, 0.05) is 29.8 Å². The van der Waals surface area contributed by atoms with Crippen molar-refractivity contribution in [2.75, 3.05) is 10.0 Å². The number of benzene rings is 2. The number of nitrogens with one attached hydrogen (secondary N) is 2. The molecule has 1 aliphatic rings. The molecular formula is C28H29F3N6O2S2. The largest absolute Gasteiger partial charge is 0.351 e. The first-order valence-corrected chi connectivity index (χ1v) is 15.4. The fourth-order valence-corrected chi connectivity index (χ4v) is 6.90. The van der Waals surface area contributed by atoms with E-state index in [1.54, 1.807) is 12.3 Å². The molecule has 0 spiro atoms. The van der Waals surface area contributed by atoms with Gasteiger partial charge in [-0.2, -0.15) is 0 Å². The van der Waals surface area contributed by atoms with E-state index in [1.807, 2.05) is 18.6 Å². The normalized spacial score (nSPS) is 17.5. The Kier molecular flexibility index (Phi) is 8.30. The summed E-state index contributed by atoms with van der Waals surface area (Å²) in [6.45, 7) is 3.97.